The molecule has 116 valence electrons. The minimum absolute atomic E-state index is 0.0361. The van der Waals surface area contributed by atoms with E-state index in [1.165, 1.54) is 6.07 Å². The zero-order valence-corrected chi connectivity index (χ0v) is 13.5. The second-order valence-electron chi connectivity index (χ2n) is 6.42. The minimum Gasteiger partial charge on any atom is -0.478 e. The van der Waals surface area contributed by atoms with Gasteiger partial charge < -0.3 is 15.3 Å². The molecule has 2 amide bonds. The van der Waals surface area contributed by atoms with Crippen LogP contribution in [-0.2, 0) is 0 Å². The van der Waals surface area contributed by atoms with Gasteiger partial charge in [0.1, 0.15) is 0 Å². The van der Waals surface area contributed by atoms with E-state index in [2.05, 4.69) is 26.1 Å². The van der Waals surface area contributed by atoms with Crippen LogP contribution in [0, 0.1) is 12.3 Å². The summed E-state index contributed by atoms with van der Waals surface area (Å²) in [4.78, 5) is 25.0. The molecule has 0 aromatic heterocycles. The predicted molar refractivity (Wildman–Crippen MR) is 83.8 cm³/mol. The fraction of sp³-hybridized carbons (Fsp3) is 0.500. The number of carbonyl (C=O) groups is 2. The van der Waals surface area contributed by atoms with Crippen LogP contribution in [0.3, 0.4) is 0 Å². The lowest BCUT2D eigenvalue weighted by Gasteiger charge is -2.35. The van der Waals surface area contributed by atoms with Gasteiger partial charge in [0.25, 0.3) is 0 Å². The van der Waals surface area contributed by atoms with Crippen LogP contribution in [0.1, 0.15) is 43.6 Å². The lowest BCUT2D eigenvalue weighted by molar-refractivity contribution is 0.0696. The predicted octanol–water partition coefficient (Wildman–Crippen LogP) is 3.59. The molecule has 5 nitrogen and oxygen atoms in total. The molecule has 0 radical (unpaired) electrons. The number of aromatic carboxylic acids is 1. The number of nitrogens with zero attached hydrogens (tertiary/aromatic N) is 1. The Hall–Kier alpha value is -2.04. The number of carboxylic acid groups (broad SMARTS) is 1. The van der Waals surface area contributed by atoms with E-state index in [1.807, 2.05) is 6.92 Å². The Bertz CT molecular complexity index is 547. The van der Waals surface area contributed by atoms with E-state index in [0.717, 1.165) is 0 Å². The maximum Gasteiger partial charge on any atom is 0.336 e. The van der Waals surface area contributed by atoms with Crippen LogP contribution in [0.2, 0.25) is 0 Å². The molecule has 0 spiro atoms. The molecule has 21 heavy (non-hydrogen) atoms. The van der Waals surface area contributed by atoms with Crippen molar-refractivity contribution in [1.29, 1.82) is 0 Å². The fourth-order valence-electron chi connectivity index (χ4n) is 1.90. The van der Waals surface area contributed by atoms with E-state index >= 15 is 0 Å². The largest absolute Gasteiger partial charge is 0.478 e. The highest BCUT2D eigenvalue weighted by Gasteiger charge is 2.27. The van der Waals surface area contributed by atoms with Gasteiger partial charge in [0.05, 0.1) is 5.56 Å². The van der Waals surface area contributed by atoms with Gasteiger partial charge in [0.2, 0.25) is 0 Å². The maximum atomic E-state index is 12.2. The molecule has 1 aromatic carbocycles. The Morgan fingerprint density at radius 3 is 2.33 bits per heavy atom. The Morgan fingerprint density at radius 1 is 1.29 bits per heavy atom. The average molecular weight is 292 g/mol. The highest BCUT2D eigenvalue weighted by Crippen LogP contribution is 2.24. The second-order valence-corrected chi connectivity index (χ2v) is 6.42. The molecule has 1 unspecified atom stereocenters. The van der Waals surface area contributed by atoms with E-state index in [-0.39, 0.29) is 23.1 Å². The first-order chi connectivity index (χ1) is 9.54. The molecule has 0 bridgehead atoms. The average Bonchev–Trinajstić information content (AvgIpc) is 2.37. The van der Waals surface area contributed by atoms with Crippen molar-refractivity contribution in [3.8, 4) is 0 Å². The number of urea groups is 1. The van der Waals surface area contributed by atoms with Gasteiger partial charge in [-0.3, -0.25) is 0 Å². The van der Waals surface area contributed by atoms with Crippen molar-refractivity contribution in [1.82, 2.24) is 4.90 Å². The Morgan fingerprint density at radius 2 is 1.86 bits per heavy atom. The number of carboxylic acids is 1. The minimum atomic E-state index is -1.000. The van der Waals surface area contributed by atoms with Gasteiger partial charge in [-0.25, -0.2) is 9.59 Å². The summed E-state index contributed by atoms with van der Waals surface area (Å²) in [7, 11) is 1.73. The summed E-state index contributed by atoms with van der Waals surface area (Å²) in [5, 5.41) is 11.8. The molecule has 1 aromatic rings. The quantitative estimate of drug-likeness (QED) is 0.894. The third kappa shape index (κ3) is 4.21. The number of rotatable bonds is 3. The summed E-state index contributed by atoms with van der Waals surface area (Å²) in [5.74, 6) is -1.000. The van der Waals surface area contributed by atoms with Crippen molar-refractivity contribution in [3.63, 3.8) is 0 Å². The summed E-state index contributed by atoms with van der Waals surface area (Å²) in [6, 6.07) is 4.66. The number of benzene rings is 1. The van der Waals surface area contributed by atoms with Crippen LogP contribution in [0.25, 0.3) is 0 Å². The Kier molecular flexibility index (Phi) is 4.99. The standard InChI is InChI=1S/C16H24N2O3/c1-10-7-8-12(9-13(10)14(19)20)17-15(21)18(6)11(2)16(3,4)5/h7-9,11H,1-6H3,(H,17,21)(H,19,20). The van der Waals surface area contributed by atoms with E-state index in [9.17, 15) is 9.59 Å². The van der Waals surface area contributed by atoms with Gasteiger partial charge in [-0.1, -0.05) is 26.8 Å². The SMILES string of the molecule is Cc1ccc(NC(=O)N(C)C(C)C(C)(C)C)cc1C(=O)O. The molecule has 0 heterocycles. The molecule has 0 aliphatic heterocycles. The zero-order valence-electron chi connectivity index (χ0n) is 13.5. The monoisotopic (exact) mass is 292 g/mol. The first kappa shape index (κ1) is 17.0. The molecule has 0 saturated carbocycles. The van der Waals surface area contributed by atoms with Crippen LogP contribution in [0.4, 0.5) is 10.5 Å². The van der Waals surface area contributed by atoms with Crippen molar-refractivity contribution >= 4 is 17.7 Å². The summed E-state index contributed by atoms with van der Waals surface area (Å²) in [6.07, 6.45) is 0. The second kappa shape index (κ2) is 6.16. The van der Waals surface area contributed by atoms with Crippen LogP contribution in [0.15, 0.2) is 18.2 Å². The van der Waals surface area contributed by atoms with Crippen LogP contribution in [-0.4, -0.2) is 35.1 Å². The third-order valence-corrected chi connectivity index (χ3v) is 3.87. The van der Waals surface area contributed by atoms with Crippen LogP contribution < -0.4 is 5.32 Å². The van der Waals surface area contributed by atoms with Gasteiger partial charge in [-0.05, 0) is 37.0 Å². The number of carbonyl (C=O) groups excluding carboxylic acids is 1. The highest BCUT2D eigenvalue weighted by atomic mass is 16.4. The van der Waals surface area contributed by atoms with Crippen molar-refractivity contribution in [3.05, 3.63) is 29.3 Å². The summed E-state index contributed by atoms with van der Waals surface area (Å²) < 4.78 is 0. The van der Waals surface area contributed by atoms with Crippen LogP contribution in [0.5, 0.6) is 0 Å². The van der Waals surface area contributed by atoms with E-state index in [1.54, 1.807) is 31.0 Å². The van der Waals surface area contributed by atoms with Crippen molar-refractivity contribution in [2.24, 2.45) is 5.41 Å². The highest BCUT2D eigenvalue weighted by molar-refractivity contribution is 5.94. The molecular weight excluding hydrogens is 268 g/mol. The lowest BCUT2D eigenvalue weighted by Crippen LogP contribution is -2.44. The van der Waals surface area contributed by atoms with E-state index in [4.69, 9.17) is 5.11 Å². The van der Waals surface area contributed by atoms with Crippen molar-refractivity contribution < 1.29 is 14.7 Å². The zero-order chi connectivity index (χ0) is 16.4. The number of hydrogen-bond donors (Lipinski definition) is 2. The van der Waals surface area contributed by atoms with E-state index in [0.29, 0.717) is 11.3 Å². The summed E-state index contributed by atoms with van der Waals surface area (Å²) in [5.41, 5.74) is 1.30. The molecule has 0 aliphatic carbocycles. The number of anilines is 1. The van der Waals surface area contributed by atoms with Crippen molar-refractivity contribution in [2.45, 2.75) is 40.7 Å². The Labute approximate surface area is 126 Å². The summed E-state index contributed by atoms with van der Waals surface area (Å²) in [6.45, 7) is 9.90. The van der Waals surface area contributed by atoms with Gasteiger partial charge in [0.15, 0.2) is 0 Å². The number of hydrogen-bond acceptors (Lipinski definition) is 2. The maximum absolute atomic E-state index is 12.2. The molecular formula is C16H24N2O3. The summed E-state index contributed by atoms with van der Waals surface area (Å²) >= 11 is 0. The number of aryl methyl sites for hydroxylation is 1. The third-order valence-electron chi connectivity index (χ3n) is 3.87. The fourth-order valence-corrected chi connectivity index (χ4v) is 1.90. The van der Waals surface area contributed by atoms with Crippen molar-refractivity contribution in [2.75, 3.05) is 12.4 Å². The Balaban J connectivity index is 2.89. The van der Waals surface area contributed by atoms with Gasteiger partial charge in [-0.2, -0.15) is 0 Å². The van der Waals surface area contributed by atoms with Gasteiger partial charge in [-0.15, -0.1) is 0 Å². The van der Waals surface area contributed by atoms with Crippen LogP contribution >= 0.6 is 0 Å². The van der Waals surface area contributed by atoms with Gasteiger partial charge >= 0.3 is 12.0 Å². The number of amides is 2. The first-order valence-corrected chi connectivity index (χ1v) is 6.91. The smallest absolute Gasteiger partial charge is 0.336 e. The van der Waals surface area contributed by atoms with E-state index < -0.39 is 5.97 Å². The first-order valence-electron chi connectivity index (χ1n) is 6.91. The molecule has 1 rings (SSSR count). The molecule has 5 heteroatoms. The topological polar surface area (TPSA) is 69.6 Å². The molecule has 0 aliphatic rings. The molecule has 0 saturated heterocycles. The van der Waals surface area contributed by atoms with Gasteiger partial charge in [0, 0.05) is 18.8 Å². The molecule has 1 atom stereocenters. The normalized spacial score (nSPS) is 12.7. The molecule has 2 N–H and O–H groups in total. The molecule has 0 fully saturated rings. The lowest BCUT2D eigenvalue weighted by atomic mass is 9.87. The number of nitrogens with one attached hydrogen (secondary N) is 1.